The zero-order valence-corrected chi connectivity index (χ0v) is 19.5. The molecule has 0 amide bonds. The number of hydrogen-bond donors (Lipinski definition) is 2. The molecule has 2 aromatic rings. The second-order valence-corrected chi connectivity index (χ2v) is 8.75. The molecule has 0 saturated carbocycles. The van der Waals surface area contributed by atoms with Gasteiger partial charge in [-0.15, -0.1) is 0 Å². The highest BCUT2D eigenvalue weighted by atomic mass is 16.3. The van der Waals surface area contributed by atoms with Crippen molar-refractivity contribution in [1.29, 1.82) is 0 Å². The third-order valence-corrected chi connectivity index (χ3v) is 6.49. The molecular weight excluding hydrogens is 402 g/mol. The number of nitrogens with one attached hydrogen (secondary N) is 2. The second kappa shape index (κ2) is 11.3. The summed E-state index contributed by atoms with van der Waals surface area (Å²) in [6, 6.07) is 8.54. The van der Waals surface area contributed by atoms with Gasteiger partial charge in [-0.3, -0.25) is 9.89 Å². The van der Waals surface area contributed by atoms with Crippen LogP contribution in [-0.4, -0.2) is 80.7 Å². The lowest BCUT2D eigenvalue weighted by Crippen LogP contribution is -2.45. The Morgan fingerprint density at radius 2 is 1.88 bits per heavy atom. The summed E-state index contributed by atoms with van der Waals surface area (Å²) in [4.78, 5) is 16.3. The molecule has 1 unspecified atom stereocenters. The summed E-state index contributed by atoms with van der Waals surface area (Å²) < 4.78 is 5.75. The number of rotatable bonds is 7. The summed E-state index contributed by atoms with van der Waals surface area (Å²) in [6.07, 6.45) is 7.55. The predicted molar refractivity (Wildman–Crippen MR) is 129 cm³/mol. The fraction of sp³-hybridized carbons (Fsp3) is 0.583. The maximum atomic E-state index is 5.75. The summed E-state index contributed by atoms with van der Waals surface area (Å²) in [5.41, 5.74) is 1.14. The highest BCUT2D eigenvalue weighted by molar-refractivity contribution is 5.79. The molecule has 2 fully saturated rings. The smallest absolute Gasteiger partial charge is 0.191 e. The van der Waals surface area contributed by atoms with Gasteiger partial charge < -0.3 is 24.9 Å². The number of likely N-dealkylation sites (tertiary alicyclic amines) is 1. The Balaban J connectivity index is 1.28. The van der Waals surface area contributed by atoms with Crippen LogP contribution in [0.25, 0.3) is 0 Å². The van der Waals surface area contributed by atoms with Gasteiger partial charge in [0.1, 0.15) is 11.6 Å². The van der Waals surface area contributed by atoms with Crippen LogP contribution in [0.15, 0.2) is 46.1 Å². The van der Waals surface area contributed by atoms with Gasteiger partial charge >= 0.3 is 0 Å². The van der Waals surface area contributed by atoms with Gasteiger partial charge in [-0.05, 0) is 56.7 Å². The fourth-order valence-corrected chi connectivity index (χ4v) is 4.46. The molecule has 0 spiro atoms. The number of aromatic nitrogens is 1. The van der Waals surface area contributed by atoms with E-state index in [2.05, 4.69) is 60.6 Å². The number of hydrogen-bond acceptors (Lipinski definition) is 6. The average Bonchev–Trinajstić information content (AvgIpc) is 3.37. The van der Waals surface area contributed by atoms with Crippen LogP contribution in [-0.2, 0) is 6.54 Å². The SMILES string of the molecule is CN=C(NCc1ccc(N2CCN(C)CC2)nc1)NCC(c1ccco1)N1CCCCC1. The Kier molecular flexibility index (Phi) is 8.01. The van der Waals surface area contributed by atoms with Gasteiger partial charge in [-0.25, -0.2) is 4.98 Å². The third kappa shape index (κ3) is 6.01. The van der Waals surface area contributed by atoms with E-state index in [0.717, 1.165) is 68.9 Å². The number of anilines is 1. The third-order valence-electron chi connectivity index (χ3n) is 6.49. The molecule has 174 valence electrons. The van der Waals surface area contributed by atoms with Crippen molar-refractivity contribution in [1.82, 2.24) is 25.4 Å². The highest BCUT2D eigenvalue weighted by Gasteiger charge is 2.24. The van der Waals surface area contributed by atoms with E-state index in [0.29, 0.717) is 6.54 Å². The van der Waals surface area contributed by atoms with E-state index in [1.165, 1.54) is 19.3 Å². The Labute approximate surface area is 191 Å². The van der Waals surface area contributed by atoms with Crippen molar-refractivity contribution in [3.8, 4) is 0 Å². The molecular formula is C24H37N7O. The molecule has 2 aliphatic rings. The van der Waals surface area contributed by atoms with Crippen molar-refractivity contribution in [3.63, 3.8) is 0 Å². The van der Waals surface area contributed by atoms with E-state index in [4.69, 9.17) is 4.42 Å². The lowest BCUT2D eigenvalue weighted by molar-refractivity contribution is 0.146. The Morgan fingerprint density at radius 1 is 1.06 bits per heavy atom. The standard InChI is InChI=1S/C24H37N7O/c1-25-24(28-19-21(22-7-6-16-32-22)30-10-4-3-5-11-30)27-18-20-8-9-23(26-17-20)31-14-12-29(2)13-15-31/h6-9,16-17,21H,3-5,10-15,18-19H2,1-2H3,(H2,25,27,28). The van der Waals surface area contributed by atoms with Crippen LogP contribution in [0.4, 0.5) is 5.82 Å². The van der Waals surface area contributed by atoms with Gasteiger partial charge in [0.05, 0.1) is 12.3 Å². The van der Waals surface area contributed by atoms with Crippen molar-refractivity contribution in [3.05, 3.63) is 48.0 Å². The molecule has 32 heavy (non-hydrogen) atoms. The minimum absolute atomic E-state index is 0.216. The monoisotopic (exact) mass is 439 g/mol. The number of piperazine rings is 1. The molecule has 8 heteroatoms. The van der Waals surface area contributed by atoms with Gasteiger partial charge in [0.25, 0.3) is 0 Å². The lowest BCUT2D eigenvalue weighted by atomic mass is 10.1. The highest BCUT2D eigenvalue weighted by Crippen LogP contribution is 2.24. The van der Waals surface area contributed by atoms with Crippen LogP contribution in [0.5, 0.6) is 0 Å². The number of pyridine rings is 1. The maximum absolute atomic E-state index is 5.75. The largest absolute Gasteiger partial charge is 0.468 e. The molecule has 4 rings (SSSR count). The first-order valence-electron chi connectivity index (χ1n) is 11.8. The van der Waals surface area contributed by atoms with E-state index in [1.54, 1.807) is 6.26 Å². The molecule has 0 bridgehead atoms. The quantitative estimate of drug-likeness (QED) is 0.507. The number of likely N-dealkylation sites (N-methyl/N-ethyl adjacent to an activating group) is 1. The van der Waals surface area contributed by atoms with Crippen molar-refractivity contribution in [2.45, 2.75) is 31.8 Å². The normalized spacial score (nSPS) is 19.7. The minimum atomic E-state index is 0.216. The van der Waals surface area contributed by atoms with Crippen molar-refractivity contribution < 1.29 is 4.42 Å². The molecule has 0 aliphatic carbocycles. The van der Waals surface area contributed by atoms with Crippen molar-refractivity contribution >= 4 is 11.8 Å². The molecule has 2 saturated heterocycles. The van der Waals surface area contributed by atoms with Crippen molar-refractivity contribution in [2.75, 3.05) is 64.8 Å². The first kappa shape index (κ1) is 22.6. The van der Waals surface area contributed by atoms with Gasteiger partial charge in [0.2, 0.25) is 0 Å². The number of piperidine rings is 1. The zero-order chi connectivity index (χ0) is 22.2. The van der Waals surface area contributed by atoms with Crippen LogP contribution in [0.1, 0.15) is 36.6 Å². The fourth-order valence-electron chi connectivity index (χ4n) is 4.46. The molecule has 2 aliphatic heterocycles. The van der Waals surface area contributed by atoms with Crippen LogP contribution < -0.4 is 15.5 Å². The first-order chi connectivity index (χ1) is 15.7. The van der Waals surface area contributed by atoms with Gasteiger partial charge in [-0.2, -0.15) is 0 Å². The van der Waals surface area contributed by atoms with Crippen molar-refractivity contribution in [2.24, 2.45) is 4.99 Å². The van der Waals surface area contributed by atoms with Gasteiger partial charge in [-0.1, -0.05) is 12.5 Å². The number of aliphatic imine (C=N–C) groups is 1. The minimum Gasteiger partial charge on any atom is -0.468 e. The average molecular weight is 440 g/mol. The van der Waals surface area contributed by atoms with Crippen LogP contribution in [0, 0.1) is 0 Å². The number of furan rings is 1. The van der Waals surface area contributed by atoms with Crippen LogP contribution in [0.3, 0.4) is 0 Å². The van der Waals surface area contributed by atoms with Crippen LogP contribution >= 0.6 is 0 Å². The Hall–Kier alpha value is -2.58. The van der Waals surface area contributed by atoms with Crippen LogP contribution in [0.2, 0.25) is 0 Å². The zero-order valence-electron chi connectivity index (χ0n) is 19.5. The second-order valence-electron chi connectivity index (χ2n) is 8.75. The Morgan fingerprint density at radius 3 is 2.53 bits per heavy atom. The van der Waals surface area contributed by atoms with E-state index in [1.807, 2.05) is 19.3 Å². The summed E-state index contributed by atoms with van der Waals surface area (Å²) in [7, 11) is 3.98. The lowest BCUT2D eigenvalue weighted by Gasteiger charge is -2.33. The van der Waals surface area contributed by atoms with E-state index < -0.39 is 0 Å². The number of guanidine groups is 1. The summed E-state index contributed by atoms with van der Waals surface area (Å²) in [6.45, 7) is 7.91. The van der Waals surface area contributed by atoms with E-state index >= 15 is 0 Å². The van der Waals surface area contributed by atoms with E-state index in [9.17, 15) is 0 Å². The topological polar surface area (TPSA) is 72.2 Å². The first-order valence-corrected chi connectivity index (χ1v) is 11.8. The molecule has 8 nitrogen and oxygen atoms in total. The molecule has 2 N–H and O–H groups in total. The summed E-state index contributed by atoms with van der Waals surface area (Å²) in [5, 5.41) is 6.92. The molecule has 2 aromatic heterocycles. The number of nitrogens with zero attached hydrogens (tertiary/aromatic N) is 5. The van der Waals surface area contributed by atoms with Gasteiger partial charge in [0, 0.05) is 52.5 Å². The summed E-state index contributed by atoms with van der Waals surface area (Å²) in [5.74, 6) is 2.87. The molecule has 0 aromatic carbocycles. The maximum Gasteiger partial charge on any atom is 0.191 e. The molecule has 0 radical (unpaired) electrons. The summed E-state index contributed by atoms with van der Waals surface area (Å²) >= 11 is 0. The van der Waals surface area contributed by atoms with Gasteiger partial charge in [0.15, 0.2) is 5.96 Å². The Bertz CT molecular complexity index is 823. The predicted octanol–water partition coefficient (Wildman–Crippen LogP) is 2.32. The molecule has 4 heterocycles. The molecule has 1 atom stereocenters. The van der Waals surface area contributed by atoms with E-state index in [-0.39, 0.29) is 6.04 Å².